The van der Waals surface area contributed by atoms with Gasteiger partial charge in [0.05, 0.1) is 34.0 Å². The number of hydrogen-bond acceptors (Lipinski definition) is 5. The lowest BCUT2D eigenvalue weighted by Crippen LogP contribution is -2.39. The van der Waals surface area contributed by atoms with Crippen LogP contribution in [0.25, 0.3) is 6.08 Å². The molecule has 2 heterocycles. The summed E-state index contributed by atoms with van der Waals surface area (Å²) in [5, 5.41) is 0.202. The van der Waals surface area contributed by atoms with Gasteiger partial charge in [0, 0.05) is 5.56 Å². The number of fused-ring (bicyclic) bond motifs is 1. The van der Waals surface area contributed by atoms with Gasteiger partial charge >= 0.3 is 5.97 Å². The highest BCUT2D eigenvalue weighted by Gasteiger charge is 2.33. The number of rotatable bonds is 4. The van der Waals surface area contributed by atoms with Crippen molar-refractivity contribution in [2.75, 3.05) is 7.11 Å². The number of hydrogen-bond donors (Lipinski definition) is 0. The summed E-state index contributed by atoms with van der Waals surface area (Å²) in [5.74, 6) is -0.745. The predicted octanol–water partition coefficient (Wildman–Crippen LogP) is 4.32. The van der Waals surface area contributed by atoms with Gasteiger partial charge in [-0.3, -0.25) is 9.36 Å². The van der Waals surface area contributed by atoms with E-state index in [0.29, 0.717) is 16.4 Å². The van der Waals surface area contributed by atoms with Crippen LogP contribution in [0.15, 0.2) is 63.5 Å². The summed E-state index contributed by atoms with van der Waals surface area (Å²) in [6.07, 6.45) is 1.43. The Morgan fingerprint density at radius 3 is 2.55 bits per heavy atom. The maximum atomic E-state index is 14.4. The third-order valence-electron chi connectivity index (χ3n) is 5.62. The minimum atomic E-state index is -0.715. The first kappa shape index (κ1) is 23.1. The Kier molecular flexibility index (Phi) is 6.36. The first-order valence-corrected chi connectivity index (χ1v) is 11.6. The van der Waals surface area contributed by atoms with Gasteiger partial charge in [0.1, 0.15) is 5.82 Å². The SMILES string of the molecule is COC(=O)C1=C(C)N=c2s/c(=C\c3c(F)cccc3Cl)c(=O)n2C1c1ccc(C(C)C)cc1. The molecule has 1 atom stereocenters. The number of nitrogens with zero attached hydrogens (tertiary/aromatic N) is 2. The number of carbonyl (C=O) groups excluding carboxylic acids is 1. The summed E-state index contributed by atoms with van der Waals surface area (Å²) in [4.78, 5) is 31.1. The van der Waals surface area contributed by atoms with Gasteiger partial charge in [0.15, 0.2) is 4.80 Å². The summed E-state index contributed by atoms with van der Waals surface area (Å²) in [7, 11) is 1.30. The molecule has 1 aliphatic heterocycles. The maximum absolute atomic E-state index is 14.4. The second-order valence-electron chi connectivity index (χ2n) is 8.03. The van der Waals surface area contributed by atoms with E-state index < -0.39 is 17.8 Å². The van der Waals surface area contributed by atoms with E-state index >= 15 is 0 Å². The van der Waals surface area contributed by atoms with Crippen molar-refractivity contribution in [2.24, 2.45) is 4.99 Å². The van der Waals surface area contributed by atoms with Crippen LogP contribution >= 0.6 is 22.9 Å². The van der Waals surface area contributed by atoms with Gasteiger partial charge in [0.2, 0.25) is 0 Å². The smallest absolute Gasteiger partial charge is 0.338 e. The van der Waals surface area contributed by atoms with E-state index in [2.05, 4.69) is 18.8 Å². The Hall–Kier alpha value is -3.03. The Morgan fingerprint density at radius 1 is 1.24 bits per heavy atom. The lowest BCUT2D eigenvalue weighted by molar-refractivity contribution is -0.136. The van der Waals surface area contributed by atoms with Gasteiger partial charge in [-0.2, -0.15) is 0 Å². The Balaban J connectivity index is 1.98. The van der Waals surface area contributed by atoms with Crippen LogP contribution in [0.4, 0.5) is 4.39 Å². The van der Waals surface area contributed by atoms with Crippen LogP contribution in [0.1, 0.15) is 49.4 Å². The molecule has 0 amide bonds. The number of allylic oxidation sites excluding steroid dienone is 1. The quantitative estimate of drug-likeness (QED) is 0.518. The summed E-state index contributed by atoms with van der Waals surface area (Å²) in [6.45, 7) is 5.90. The molecule has 1 aromatic heterocycles. The lowest BCUT2D eigenvalue weighted by atomic mass is 9.93. The van der Waals surface area contributed by atoms with Crippen LogP contribution < -0.4 is 14.9 Å². The van der Waals surface area contributed by atoms with E-state index in [0.717, 1.165) is 22.5 Å². The molecule has 5 nitrogen and oxygen atoms in total. The molecule has 1 aliphatic rings. The van der Waals surface area contributed by atoms with Gasteiger partial charge in [0.25, 0.3) is 5.56 Å². The van der Waals surface area contributed by atoms with Crippen molar-refractivity contribution in [2.45, 2.75) is 32.7 Å². The molecule has 0 aliphatic carbocycles. The van der Waals surface area contributed by atoms with Gasteiger partial charge < -0.3 is 4.74 Å². The van der Waals surface area contributed by atoms with Gasteiger partial charge in [-0.15, -0.1) is 0 Å². The fourth-order valence-corrected chi connectivity index (χ4v) is 5.10. The van der Waals surface area contributed by atoms with Crippen LogP contribution in [0.3, 0.4) is 0 Å². The summed E-state index contributed by atoms with van der Waals surface area (Å²) >= 11 is 7.28. The second-order valence-corrected chi connectivity index (χ2v) is 9.45. The van der Waals surface area contributed by atoms with E-state index in [1.54, 1.807) is 13.0 Å². The molecule has 4 rings (SSSR count). The van der Waals surface area contributed by atoms with Crippen molar-refractivity contribution < 1.29 is 13.9 Å². The molecule has 0 spiro atoms. The number of aromatic nitrogens is 1. The molecular formula is C25H22ClFN2O3S. The van der Waals surface area contributed by atoms with Crippen molar-refractivity contribution >= 4 is 35.0 Å². The predicted molar refractivity (Wildman–Crippen MR) is 128 cm³/mol. The Labute approximate surface area is 199 Å². The standard InChI is InChI=1S/C25H22ClFN2O3S/c1-13(2)15-8-10-16(11-9-15)22-21(24(31)32-4)14(3)28-25-29(22)23(30)20(33-25)12-17-18(26)6-5-7-19(17)27/h5-13,22H,1-4H3/b20-12-. The molecule has 0 saturated carbocycles. The highest BCUT2D eigenvalue weighted by Crippen LogP contribution is 2.31. The zero-order valence-corrected chi connectivity index (χ0v) is 20.1. The average molecular weight is 485 g/mol. The topological polar surface area (TPSA) is 60.7 Å². The highest BCUT2D eigenvalue weighted by atomic mass is 35.5. The fraction of sp³-hybridized carbons (Fsp3) is 0.240. The van der Waals surface area contributed by atoms with E-state index in [-0.39, 0.29) is 26.3 Å². The van der Waals surface area contributed by atoms with Crippen LogP contribution in [-0.4, -0.2) is 17.6 Å². The first-order valence-electron chi connectivity index (χ1n) is 10.4. The number of thiazole rings is 1. The number of carbonyl (C=O) groups is 1. The third kappa shape index (κ3) is 4.18. The Morgan fingerprint density at radius 2 is 1.94 bits per heavy atom. The molecule has 33 heavy (non-hydrogen) atoms. The molecule has 0 saturated heterocycles. The van der Waals surface area contributed by atoms with Gasteiger partial charge in [-0.25, -0.2) is 14.2 Å². The molecule has 0 bridgehead atoms. The van der Waals surface area contributed by atoms with Crippen LogP contribution in [0.2, 0.25) is 5.02 Å². The van der Waals surface area contributed by atoms with Crippen molar-refractivity contribution in [1.82, 2.24) is 4.57 Å². The molecule has 170 valence electrons. The number of ether oxygens (including phenoxy) is 1. The van der Waals surface area contributed by atoms with Crippen molar-refractivity contribution in [3.05, 3.63) is 101 Å². The largest absolute Gasteiger partial charge is 0.466 e. The van der Waals surface area contributed by atoms with Crippen molar-refractivity contribution in [3.63, 3.8) is 0 Å². The molecule has 0 radical (unpaired) electrons. The normalized spacial score (nSPS) is 16.1. The van der Waals surface area contributed by atoms with E-state index in [1.807, 2.05) is 24.3 Å². The molecule has 3 aromatic rings. The molecular weight excluding hydrogens is 463 g/mol. The van der Waals surface area contributed by atoms with Gasteiger partial charge in [-0.05, 0) is 42.2 Å². The molecule has 0 fully saturated rings. The van der Waals surface area contributed by atoms with E-state index in [4.69, 9.17) is 16.3 Å². The zero-order valence-electron chi connectivity index (χ0n) is 18.6. The molecule has 1 unspecified atom stereocenters. The Bertz CT molecular complexity index is 1430. The number of methoxy groups -OCH3 is 1. The number of benzene rings is 2. The zero-order chi connectivity index (χ0) is 23.9. The molecule has 0 N–H and O–H groups in total. The van der Waals surface area contributed by atoms with E-state index in [9.17, 15) is 14.0 Å². The summed E-state index contributed by atoms with van der Waals surface area (Å²) < 4.78 is 21.1. The third-order valence-corrected chi connectivity index (χ3v) is 6.93. The minimum absolute atomic E-state index is 0.131. The van der Waals surface area contributed by atoms with Crippen LogP contribution in [0.5, 0.6) is 0 Å². The van der Waals surface area contributed by atoms with Crippen LogP contribution in [-0.2, 0) is 9.53 Å². The molecule has 2 aromatic carbocycles. The molecule has 8 heteroatoms. The second kappa shape index (κ2) is 9.08. The highest BCUT2D eigenvalue weighted by molar-refractivity contribution is 7.07. The number of esters is 1. The fourth-order valence-electron chi connectivity index (χ4n) is 3.85. The monoisotopic (exact) mass is 484 g/mol. The summed E-state index contributed by atoms with van der Waals surface area (Å²) in [5.41, 5.74) is 2.40. The number of halogens is 2. The average Bonchev–Trinajstić information content (AvgIpc) is 3.09. The van der Waals surface area contributed by atoms with Crippen molar-refractivity contribution in [1.29, 1.82) is 0 Å². The first-order chi connectivity index (χ1) is 15.7. The van der Waals surface area contributed by atoms with Crippen molar-refractivity contribution in [3.8, 4) is 0 Å². The maximum Gasteiger partial charge on any atom is 0.338 e. The van der Waals surface area contributed by atoms with Crippen LogP contribution in [0, 0.1) is 5.82 Å². The summed E-state index contributed by atoms with van der Waals surface area (Å²) in [6, 6.07) is 11.4. The minimum Gasteiger partial charge on any atom is -0.466 e. The van der Waals surface area contributed by atoms with Gasteiger partial charge in [-0.1, -0.05) is 67.1 Å². The lowest BCUT2D eigenvalue weighted by Gasteiger charge is -2.24. The van der Waals surface area contributed by atoms with E-state index in [1.165, 1.54) is 29.9 Å².